The summed E-state index contributed by atoms with van der Waals surface area (Å²) in [5.74, 6) is -1.77. The number of rotatable bonds is 34. The number of nitrogens with zero attached hydrogens (tertiary/aromatic N) is 5. The Labute approximate surface area is 561 Å². The standard InChI is InChI=1S/C46H72N8O5.C21H33N3O3.C3H8.2C2H6/c1-11-15-38(44(57)52(9)31-41(55)50-39(28-32(3)4)33(5)53(10)42(45(58)59)46(6,7)8)51-43(56)35(18-14-22-47-12-2)20-19-34-16-13-17-36(29-34)37-21-23-49-40(30-37)54-26-24-48-25-27-54;1-6-7-13-18(25)24(5)19(15(2)3)21(27)23-17(20(26)22-4)14-16-11-9-8-10-12-16;1-3-2;2*1-2/h12-13,16-17,21,23,29-30,32,35,38-39,42,47-48H,2,5,11,14-15,18-20,22,24-28,31H2,1,3-4,6-10H3,(H,50,55)(H,51,56)(H,58,59);8-12,15,17,19H,6-7,13-14H2,1-5H3,(H,22,26)(H,23,27);3H2,1-2H3;2*1-2H3. The number of piperazine rings is 1. The number of benzene rings is 2. The van der Waals surface area contributed by atoms with Gasteiger partial charge in [0.15, 0.2) is 0 Å². The first-order valence-corrected chi connectivity index (χ1v) is 34.3. The maximum atomic E-state index is 14.0. The zero-order valence-electron chi connectivity index (χ0n) is 60.8. The molecule has 1 aromatic heterocycles. The minimum Gasteiger partial charge on any atom is -0.480 e. The van der Waals surface area contributed by atoms with Crippen LogP contribution in [0, 0.1) is 23.2 Å². The van der Waals surface area contributed by atoms with Gasteiger partial charge in [0, 0.05) is 91.6 Å². The van der Waals surface area contributed by atoms with Crippen molar-refractivity contribution in [3.63, 3.8) is 0 Å². The number of likely N-dealkylation sites (N-methyl/N-ethyl adjacent to an activating group) is 4. The summed E-state index contributed by atoms with van der Waals surface area (Å²) < 4.78 is 0. The normalized spacial score (nSPS) is 13.6. The highest BCUT2D eigenvalue weighted by atomic mass is 16.4. The van der Waals surface area contributed by atoms with E-state index in [0.717, 1.165) is 73.5 Å². The molecule has 2 heterocycles. The third kappa shape index (κ3) is 31.9. The molecule has 2 aromatic carbocycles. The Hall–Kier alpha value is -7.28. The lowest BCUT2D eigenvalue weighted by molar-refractivity contribution is -0.146. The largest absolute Gasteiger partial charge is 0.480 e. The van der Waals surface area contributed by atoms with Gasteiger partial charge in [0.1, 0.15) is 30.0 Å². The second-order valence-electron chi connectivity index (χ2n) is 25.2. The van der Waals surface area contributed by atoms with Gasteiger partial charge in [0.2, 0.25) is 35.4 Å². The van der Waals surface area contributed by atoms with Crippen molar-refractivity contribution < 1.29 is 38.7 Å². The number of carboxylic acid groups (broad SMARTS) is 1. The van der Waals surface area contributed by atoms with Crippen LogP contribution in [0.3, 0.4) is 0 Å². The second-order valence-corrected chi connectivity index (χ2v) is 25.2. The molecular weight excluding hydrogens is 1170 g/mol. The number of anilines is 1. The van der Waals surface area contributed by atoms with Gasteiger partial charge in [0.25, 0.3) is 0 Å². The fourth-order valence-corrected chi connectivity index (χ4v) is 10.9. The number of aliphatic carboxylic acids is 1. The van der Waals surface area contributed by atoms with Crippen molar-refractivity contribution in [3.05, 3.63) is 109 Å². The highest BCUT2D eigenvalue weighted by molar-refractivity contribution is 5.93. The number of aryl methyl sites for hydroxylation is 1. The molecule has 1 fully saturated rings. The Bertz CT molecular complexity index is 2660. The predicted octanol–water partition coefficient (Wildman–Crippen LogP) is 11.0. The Morgan fingerprint density at radius 1 is 0.731 bits per heavy atom. The van der Waals surface area contributed by atoms with Crippen LogP contribution >= 0.6 is 0 Å². The van der Waals surface area contributed by atoms with Crippen LogP contribution in [0.25, 0.3) is 11.1 Å². The van der Waals surface area contributed by atoms with E-state index >= 15 is 0 Å². The molecule has 0 saturated carbocycles. The molecule has 0 spiro atoms. The summed E-state index contributed by atoms with van der Waals surface area (Å²) in [7, 11) is 6.46. The number of hydrogen-bond donors (Lipinski definition) is 7. The van der Waals surface area contributed by atoms with Crippen molar-refractivity contribution >= 4 is 47.2 Å². The molecule has 6 unspecified atom stereocenters. The molecular formula is C74H125N11O8. The van der Waals surface area contributed by atoms with E-state index in [-0.39, 0.29) is 53.8 Å². The molecule has 19 heteroatoms. The number of unbranched alkanes of at least 4 members (excludes halogenated alkanes) is 1. The molecule has 1 aliphatic rings. The molecule has 0 radical (unpaired) electrons. The van der Waals surface area contributed by atoms with Crippen LogP contribution in [-0.2, 0) is 46.4 Å². The van der Waals surface area contributed by atoms with Gasteiger partial charge in [-0.25, -0.2) is 9.78 Å². The maximum absolute atomic E-state index is 14.0. The fourth-order valence-electron chi connectivity index (χ4n) is 10.9. The highest BCUT2D eigenvalue weighted by Crippen LogP contribution is 2.29. The monoisotopic (exact) mass is 1300 g/mol. The van der Waals surface area contributed by atoms with Gasteiger partial charge in [-0.2, -0.15) is 0 Å². The van der Waals surface area contributed by atoms with E-state index in [1.807, 2.05) is 133 Å². The summed E-state index contributed by atoms with van der Waals surface area (Å²) in [6.07, 6.45) is 11.6. The molecule has 6 atom stereocenters. The van der Waals surface area contributed by atoms with Crippen LogP contribution in [0.5, 0.6) is 0 Å². The number of carbonyl (C=O) groups is 7. The molecule has 3 aromatic rings. The predicted molar refractivity (Wildman–Crippen MR) is 383 cm³/mol. The summed E-state index contributed by atoms with van der Waals surface area (Å²) >= 11 is 0. The van der Waals surface area contributed by atoms with E-state index < -0.39 is 47.5 Å². The molecule has 524 valence electrons. The molecule has 6 amide bonds. The lowest BCUT2D eigenvalue weighted by Crippen LogP contribution is -2.56. The van der Waals surface area contributed by atoms with Crippen LogP contribution in [0.15, 0.2) is 98.0 Å². The van der Waals surface area contributed by atoms with Crippen molar-refractivity contribution in [2.75, 3.05) is 72.4 Å². The number of carboxylic acids is 1. The average molecular weight is 1300 g/mol. The van der Waals surface area contributed by atoms with Gasteiger partial charge in [-0.05, 0) is 103 Å². The van der Waals surface area contributed by atoms with Crippen molar-refractivity contribution in [3.8, 4) is 11.1 Å². The Morgan fingerprint density at radius 2 is 1.33 bits per heavy atom. The Morgan fingerprint density at radius 3 is 1.88 bits per heavy atom. The summed E-state index contributed by atoms with van der Waals surface area (Å²) in [5, 5.41) is 28.1. The van der Waals surface area contributed by atoms with Gasteiger partial charge in [-0.3, -0.25) is 28.8 Å². The number of pyridine rings is 1. The average Bonchev–Trinajstić information content (AvgIpc) is 0.894. The van der Waals surface area contributed by atoms with E-state index in [0.29, 0.717) is 63.6 Å². The van der Waals surface area contributed by atoms with Crippen molar-refractivity contribution in [2.45, 2.75) is 211 Å². The lowest BCUT2D eigenvalue weighted by atomic mass is 9.85. The van der Waals surface area contributed by atoms with E-state index in [9.17, 15) is 38.7 Å². The first-order chi connectivity index (χ1) is 44.2. The maximum Gasteiger partial charge on any atom is 0.326 e. The van der Waals surface area contributed by atoms with Crippen LogP contribution < -0.4 is 36.8 Å². The van der Waals surface area contributed by atoms with Gasteiger partial charge >= 0.3 is 5.97 Å². The molecule has 1 aliphatic heterocycles. The smallest absolute Gasteiger partial charge is 0.326 e. The molecule has 19 nitrogen and oxygen atoms in total. The van der Waals surface area contributed by atoms with Gasteiger partial charge in [-0.1, -0.05) is 191 Å². The number of hydrogen-bond acceptors (Lipinski definition) is 12. The Balaban J connectivity index is 0.00000207. The number of aromatic nitrogens is 1. The van der Waals surface area contributed by atoms with Gasteiger partial charge < -0.3 is 56.6 Å². The summed E-state index contributed by atoms with van der Waals surface area (Å²) in [6.45, 7) is 41.7. The molecule has 0 bridgehead atoms. The SMILES string of the molecule is C=CNCCCC(CCc1cccc(-c2ccnc(N3CCNCC3)c2)c1)C(=O)NC(CCC)C(=O)N(C)CC(=O)NC(CC(C)C)C(=C)N(C)C(C(=O)O)C(C)(C)C.CC.CC.CCC.CCCCC(=O)N(C)C(C(=O)NC(Cc1ccccc1)C(=O)NC)C(C)C. The fraction of sp³-hybridized carbons (Fsp3) is 0.622. The number of amides is 6. The van der Waals surface area contributed by atoms with Crippen molar-refractivity contribution in [1.29, 1.82) is 0 Å². The molecule has 1 saturated heterocycles. The third-order valence-electron chi connectivity index (χ3n) is 15.5. The summed E-state index contributed by atoms with van der Waals surface area (Å²) in [6, 6.07) is 18.6. The highest BCUT2D eigenvalue weighted by Gasteiger charge is 2.38. The van der Waals surface area contributed by atoms with E-state index in [1.54, 1.807) is 39.3 Å². The summed E-state index contributed by atoms with van der Waals surface area (Å²) in [4.78, 5) is 103. The van der Waals surface area contributed by atoms with Gasteiger partial charge in [0.05, 0.1) is 12.6 Å². The molecule has 4 rings (SSSR count). The zero-order chi connectivity index (χ0) is 70.8. The minimum absolute atomic E-state index is 0.0507. The van der Waals surface area contributed by atoms with Crippen molar-refractivity contribution in [2.24, 2.45) is 23.2 Å². The van der Waals surface area contributed by atoms with Crippen molar-refractivity contribution in [1.82, 2.24) is 51.6 Å². The summed E-state index contributed by atoms with van der Waals surface area (Å²) in [5.41, 5.74) is 4.17. The van der Waals surface area contributed by atoms with E-state index in [1.165, 1.54) is 16.2 Å². The quantitative estimate of drug-likeness (QED) is 0.0276. The van der Waals surface area contributed by atoms with Crippen LogP contribution in [0.2, 0.25) is 0 Å². The van der Waals surface area contributed by atoms with Crippen LogP contribution in [0.1, 0.15) is 179 Å². The van der Waals surface area contributed by atoms with Gasteiger partial charge in [-0.15, -0.1) is 0 Å². The zero-order valence-corrected chi connectivity index (χ0v) is 60.8. The molecule has 0 aliphatic carbocycles. The molecule has 7 N–H and O–H groups in total. The second kappa shape index (κ2) is 47.6. The number of carbonyl (C=O) groups excluding carboxylic acids is 6. The first kappa shape index (κ1) is 85.7. The molecule has 93 heavy (non-hydrogen) atoms. The third-order valence-corrected chi connectivity index (χ3v) is 15.5. The van der Waals surface area contributed by atoms with E-state index in [2.05, 4.69) is 99.1 Å². The lowest BCUT2D eigenvalue weighted by Gasteiger charge is -2.40. The van der Waals surface area contributed by atoms with Crippen LogP contribution in [-0.4, -0.2) is 164 Å². The minimum atomic E-state index is -0.976. The topological polar surface area (TPSA) is 238 Å². The van der Waals surface area contributed by atoms with E-state index in [4.69, 9.17) is 0 Å². The van der Waals surface area contributed by atoms with Crippen LogP contribution in [0.4, 0.5) is 5.82 Å². The Kier molecular flexibility index (Phi) is 43.9. The first-order valence-electron chi connectivity index (χ1n) is 34.3. The number of nitrogens with one attached hydrogen (secondary N) is 6.